The van der Waals surface area contributed by atoms with Gasteiger partial charge >= 0.3 is 5.97 Å². The Kier molecular flexibility index (Phi) is 4.29. The van der Waals surface area contributed by atoms with Crippen molar-refractivity contribution in [2.45, 2.75) is 20.3 Å². The van der Waals surface area contributed by atoms with Gasteiger partial charge in [-0.25, -0.2) is 4.98 Å². The summed E-state index contributed by atoms with van der Waals surface area (Å²) in [6.07, 6.45) is 2.30. The van der Waals surface area contributed by atoms with Crippen LogP contribution in [0.15, 0.2) is 18.3 Å². The maximum Gasteiger partial charge on any atom is 0.311 e. The molecule has 6 nitrogen and oxygen atoms in total. The molecule has 0 bridgehead atoms. The zero-order chi connectivity index (χ0) is 15.5. The second-order valence-electron chi connectivity index (χ2n) is 5.34. The summed E-state index contributed by atoms with van der Waals surface area (Å²) < 4.78 is 12.4. The van der Waals surface area contributed by atoms with Crippen molar-refractivity contribution in [2.75, 3.05) is 37.8 Å². The predicted octanol–water partition coefficient (Wildman–Crippen LogP) is 1.58. The summed E-state index contributed by atoms with van der Waals surface area (Å²) in [5.41, 5.74) is 3.77. The highest BCUT2D eigenvalue weighted by Crippen LogP contribution is 2.20. The first-order valence-electron chi connectivity index (χ1n) is 7.65. The van der Waals surface area contributed by atoms with Crippen LogP contribution in [0.3, 0.4) is 0 Å². The van der Waals surface area contributed by atoms with E-state index in [1.165, 1.54) is 0 Å². The van der Waals surface area contributed by atoms with Gasteiger partial charge in [0.1, 0.15) is 5.65 Å². The predicted molar refractivity (Wildman–Crippen MR) is 83.3 cm³/mol. The first kappa shape index (κ1) is 14.8. The number of carbonyl (C=O) groups excluding carboxylic acids is 1. The number of aromatic nitrogens is 2. The molecule has 0 aromatic carbocycles. The molecule has 1 saturated heterocycles. The van der Waals surface area contributed by atoms with Gasteiger partial charge in [-0.1, -0.05) is 0 Å². The molecule has 0 aliphatic carbocycles. The lowest BCUT2D eigenvalue weighted by Gasteiger charge is -2.28. The van der Waals surface area contributed by atoms with Gasteiger partial charge in [0.25, 0.3) is 0 Å². The van der Waals surface area contributed by atoms with Gasteiger partial charge in [-0.05, 0) is 26.0 Å². The number of anilines is 1. The SMILES string of the molecule is CCOC(=O)Cc1nc2ccc(N3CCOCC3)cn2c1C. The number of esters is 1. The lowest BCUT2D eigenvalue weighted by Crippen LogP contribution is -2.36. The number of nitrogens with zero attached hydrogens (tertiary/aromatic N) is 3. The molecule has 6 heteroatoms. The molecule has 0 amide bonds. The molecule has 1 fully saturated rings. The van der Waals surface area contributed by atoms with Crippen molar-refractivity contribution in [2.24, 2.45) is 0 Å². The third-order valence-electron chi connectivity index (χ3n) is 3.93. The van der Waals surface area contributed by atoms with Crippen LogP contribution in [-0.4, -0.2) is 48.3 Å². The highest BCUT2D eigenvalue weighted by molar-refractivity contribution is 5.72. The fourth-order valence-electron chi connectivity index (χ4n) is 2.72. The highest BCUT2D eigenvalue weighted by Gasteiger charge is 2.16. The van der Waals surface area contributed by atoms with E-state index in [2.05, 4.69) is 22.1 Å². The summed E-state index contributed by atoms with van der Waals surface area (Å²) >= 11 is 0. The maximum atomic E-state index is 11.7. The van der Waals surface area contributed by atoms with Crippen LogP contribution < -0.4 is 4.90 Å². The van der Waals surface area contributed by atoms with E-state index in [9.17, 15) is 4.79 Å². The van der Waals surface area contributed by atoms with E-state index in [0.717, 1.165) is 49.0 Å². The minimum atomic E-state index is -0.234. The van der Waals surface area contributed by atoms with Crippen molar-refractivity contribution in [3.63, 3.8) is 0 Å². The molecule has 0 unspecified atom stereocenters. The average Bonchev–Trinajstić information content (AvgIpc) is 2.84. The maximum absolute atomic E-state index is 11.7. The minimum absolute atomic E-state index is 0.217. The molecule has 1 aliphatic rings. The highest BCUT2D eigenvalue weighted by atomic mass is 16.5. The van der Waals surface area contributed by atoms with Crippen LogP contribution in [0, 0.1) is 6.92 Å². The topological polar surface area (TPSA) is 56.1 Å². The van der Waals surface area contributed by atoms with Gasteiger partial charge in [-0.3, -0.25) is 4.79 Å². The fourth-order valence-corrected chi connectivity index (χ4v) is 2.72. The lowest BCUT2D eigenvalue weighted by molar-refractivity contribution is -0.142. The van der Waals surface area contributed by atoms with E-state index in [1.807, 2.05) is 24.3 Å². The van der Waals surface area contributed by atoms with Gasteiger partial charge in [0.15, 0.2) is 0 Å². The van der Waals surface area contributed by atoms with Crippen LogP contribution in [0.1, 0.15) is 18.3 Å². The Morgan fingerprint density at radius 1 is 1.36 bits per heavy atom. The standard InChI is InChI=1S/C16H21N3O3/c1-3-22-16(20)10-14-12(2)19-11-13(4-5-15(19)17-14)18-6-8-21-9-7-18/h4-5,11H,3,6-10H2,1-2H3. The zero-order valence-electron chi connectivity index (χ0n) is 13.0. The minimum Gasteiger partial charge on any atom is -0.466 e. The number of hydrogen-bond acceptors (Lipinski definition) is 5. The van der Waals surface area contributed by atoms with Crippen LogP contribution in [0.25, 0.3) is 5.65 Å². The molecule has 0 spiro atoms. The third-order valence-corrected chi connectivity index (χ3v) is 3.93. The zero-order valence-corrected chi connectivity index (χ0v) is 13.0. The van der Waals surface area contributed by atoms with Crippen LogP contribution in [-0.2, 0) is 20.7 Å². The molecule has 3 heterocycles. The fraction of sp³-hybridized carbons (Fsp3) is 0.500. The largest absolute Gasteiger partial charge is 0.466 e. The number of ether oxygens (including phenoxy) is 2. The van der Waals surface area contributed by atoms with Crippen LogP contribution in [0.4, 0.5) is 5.69 Å². The van der Waals surface area contributed by atoms with E-state index in [1.54, 1.807) is 0 Å². The molecule has 22 heavy (non-hydrogen) atoms. The Labute approximate surface area is 129 Å². The molecule has 2 aromatic heterocycles. The summed E-state index contributed by atoms with van der Waals surface area (Å²) in [7, 11) is 0. The molecule has 1 aliphatic heterocycles. The Balaban J connectivity index is 1.88. The van der Waals surface area contributed by atoms with Crippen molar-refractivity contribution in [1.82, 2.24) is 9.38 Å². The molecular weight excluding hydrogens is 282 g/mol. The average molecular weight is 303 g/mol. The molecule has 0 radical (unpaired) electrons. The lowest BCUT2D eigenvalue weighted by atomic mass is 10.2. The summed E-state index contributed by atoms with van der Waals surface area (Å²) in [6.45, 7) is 7.50. The number of aryl methyl sites for hydroxylation is 1. The van der Waals surface area contributed by atoms with Crippen molar-refractivity contribution in [3.05, 3.63) is 29.7 Å². The number of morpholine rings is 1. The Morgan fingerprint density at radius 3 is 2.86 bits per heavy atom. The van der Waals surface area contributed by atoms with Crippen molar-refractivity contribution in [3.8, 4) is 0 Å². The van der Waals surface area contributed by atoms with Crippen molar-refractivity contribution >= 4 is 17.3 Å². The summed E-state index contributed by atoms with van der Waals surface area (Å²) in [6, 6.07) is 4.06. The van der Waals surface area contributed by atoms with E-state index in [4.69, 9.17) is 9.47 Å². The van der Waals surface area contributed by atoms with Gasteiger partial charge in [-0.15, -0.1) is 0 Å². The van der Waals surface area contributed by atoms with Crippen LogP contribution in [0.2, 0.25) is 0 Å². The van der Waals surface area contributed by atoms with Gasteiger partial charge in [0.2, 0.25) is 0 Å². The van der Waals surface area contributed by atoms with Gasteiger partial charge in [0.05, 0.1) is 37.6 Å². The van der Waals surface area contributed by atoms with E-state index < -0.39 is 0 Å². The number of carbonyl (C=O) groups is 1. The first-order valence-corrected chi connectivity index (χ1v) is 7.65. The quantitative estimate of drug-likeness (QED) is 0.803. The van der Waals surface area contributed by atoms with Gasteiger partial charge in [-0.2, -0.15) is 0 Å². The smallest absolute Gasteiger partial charge is 0.311 e. The molecule has 3 rings (SSSR count). The van der Waals surface area contributed by atoms with Gasteiger partial charge < -0.3 is 18.8 Å². The summed E-state index contributed by atoms with van der Waals surface area (Å²) in [5.74, 6) is -0.234. The van der Waals surface area contributed by atoms with Gasteiger partial charge in [0, 0.05) is 25.0 Å². The van der Waals surface area contributed by atoms with Crippen LogP contribution >= 0.6 is 0 Å². The monoisotopic (exact) mass is 303 g/mol. The molecule has 118 valence electrons. The molecule has 2 aromatic rings. The first-order chi connectivity index (χ1) is 10.7. The number of imidazole rings is 1. The molecular formula is C16H21N3O3. The summed E-state index contributed by atoms with van der Waals surface area (Å²) in [4.78, 5) is 18.5. The van der Waals surface area contributed by atoms with E-state index in [-0.39, 0.29) is 12.4 Å². The number of hydrogen-bond donors (Lipinski definition) is 0. The normalized spacial score (nSPS) is 15.3. The Morgan fingerprint density at radius 2 is 2.14 bits per heavy atom. The van der Waals surface area contributed by atoms with E-state index in [0.29, 0.717) is 6.61 Å². The van der Waals surface area contributed by atoms with Crippen LogP contribution in [0.5, 0.6) is 0 Å². The summed E-state index contributed by atoms with van der Waals surface area (Å²) in [5, 5.41) is 0. The van der Waals surface area contributed by atoms with Crippen molar-refractivity contribution in [1.29, 1.82) is 0 Å². The van der Waals surface area contributed by atoms with E-state index >= 15 is 0 Å². The number of fused-ring (bicyclic) bond motifs is 1. The number of pyridine rings is 1. The molecule has 0 N–H and O–H groups in total. The molecule has 0 saturated carbocycles. The molecule has 0 atom stereocenters. The number of rotatable bonds is 4. The Hall–Kier alpha value is -2.08. The third kappa shape index (κ3) is 2.92. The van der Waals surface area contributed by atoms with Crippen molar-refractivity contribution < 1.29 is 14.3 Å². The Bertz CT molecular complexity index is 675. The second kappa shape index (κ2) is 6.36. The second-order valence-corrected chi connectivity index (χ2v) is 5.34.